The lowest BCUT2D eigenvalue weighted by molar-refractivity contribution is -0.385. The van der Waals surface area contributed by atoms with Crippen LogP contribution in [0.15, 0.2) is 42.6 Å². The van der Waals surface area contributed by atoms with Crippen LogP contribution in [-0.4, -0.2) is 26.5 Å². The molecule has 0 aliphatic rings. The van der Waals surface area contributed by atoms with Crippen LogP contribution >= 0.6 is 0 Å². The smallest absolute Gasteiger partial charge is 0.287 e. The number of fused-ring (bicyclic) bond motifs is 1. The van der Waals surface area contributed by atoms with Gasteiger partial charge in [-0.25, -0.2) is 9.97 Å². The van der Waals surface area contributed by atoms with Crippen molar-refractivity contribution in [2.45, 2.75) is 6.54 Å². The Balaban J connectivity index is 1.84. The predicted octanol–water partition coefficient (Wildman–Crippen LogP) is 2.51. The van der Waals surface area contributed by atoms with Gasteiger partial charge in [0.15, 0.2) is 0 Å². The first-order chi connectivity index (χ1) is 10.6. The van der Waals surface area contributed by atoms with E-state index in [2.05, 4.69) is 9.97 Å². The van der Waals surface area contributed by atoms with Gasteiger partial charge < -0.3 is 9.47 Å². The number of nitro groups is 1. The van der Waals surface area contributed by atoms with Crippen molar-refractivity contribution in [1.29, 1.82) is 0 Å². The van der Waals surface area contributed by atoms with Gasteiger partial charge in [0, 0.05) is 20.2 Å². The molecule has 0 spiro atoms. The number of rotatable bonds is 4. The van der Waals surface area contributed by atoms with Gasteiger partial charge in [0.1, 0.15) is 17.8 Å². The minimum absolute atomic E-state index is 0.0140. The minimum atomic E-state index is -0.456. The summed E-state index contributed by atoms with van der Waals surface area (Å²) < 4.78 is 2.04. The van der Waals surface area contributed by atoms with Gasteiger partial charge in [0.25, 0.3) is 5.69 Å². The van der Waals surface area contributed by atoms with Crippen LogP contribution in [0.5, 0.6) is 0 Å². The molecule has 0 saturated heterocycles. The molecule has 7 heteroatoms. The minimum Gasteiger partial charge on any atom is -0.352 e. The van der Waals surface area contributed by atoms with E-state index in [1.54, 1.807) is 6.07 Å². The molecular formula is C15H15N5O2. The number of aromatic nitrogens is 3. The average molecular weight is 297 g/mol. The highest BCUT2D eigenvalue weighted by molar-refractivity contribution is 5.75. The molecule has 0 aliphatic heterocycles. The van der Waals surface area contributed by atoms with Gasteiger partial charge in [0.2, 0.25) is 0 Å². The largest absolute Gasteiger partial charge is 0.352 e. The summed E-state index contributed by atoms with van der Waals surface area (Å²) >= 11 is 0. The van der Waals surface area contributed by atoms with Crippen LogP contribution in [0.1, 0.15) is 5.82 Å². The number of aryl methyl sites for hydroxylation is 1. The van der Waals surface area contributed by atoms with Gasteiger partial charge in [-0.2, -0.15) is 0 Å². The Labute approximate surface area is 127 Å². The Kier molecular flexibility index (Phi) is 3.46. The molecule has 1 aromatic carbocycles. The molecule has 0 radical (unpaired) electrons. The van der Waals surface area contributed by atoms with Crippen LogP contribution in [0.3, 0.4) is 0 Å². The van der Waals surface area contributed by atoms with E-state index in [1.807, 2.05) is 47.8 Å². The molecule has 3 rings (SSSR count). The van der Waals surface area contributed by atoms with Crippen molar-refractivity contribution in [1.82, 2.24) is 14.5 Å². The van der Waals surface area contributed by atoms with Crippen LogP contribution < -0.4 is 4.90 Å². The molecule has 7 nitrogen and oxygen atoms in total. The zero-order chi connectivity index (χ0) is 15.7. The van der Waals surface area contributed by atoms with Crippen molar-refractivity contribution >= 4 is 22.5 Å². The van der Waals surface area contributed by atoms with Gasteiger partial charge in [-0.1, -0.05) is 12.1 Å². The van der Waals surface area contributed by atoms with Crippen LogP contribution in [0.2, 0.25) is 0 Å². The Bertz CT molecular complexity index is 826. The van der Waals surface area contributed by atoms with E-state index in [0.29, 0.717) is 12.4 Å². The van der Waals surface area contributed by atoms with Crippen LogP contribution in [0, 0.1) is 10.1 Å². The van der Waals surface area contributed by atoms with E-state index in [1.165, 1.54) is 12.3 Å². The number of benzene rings is 1. The van der Waals surface area contributed by atoms with Crippen molar-refractivity contribution in [3.63, 3.8) is 0 Å². The first-order valence-electron chi connectivity index (χ1n) is 6.78. The zero-order valence-corrected chi connectivity index (χ0v) is 12.3. The fourth-order valence-electron chi connectivity index (χ4n) is 2.34. The number of nitrogens with zero attached hydrogens (tertiary/aromatic N) is 5. The van der Waals surface area contributed by atoms with Gasteiger partial charge in [0.05, 0.1) is 22.5 Å². The summed E-state index contributed by atoms with van der Waals surface area (Å²) in [5, 5.41) is 10.7. The topological polar surface area (TPSA) is 77.1 Å². The number of hydrogen-bond acceptors (Lipinski definition) is 5. The van der Waals surface area contributed by atoms with Gasteiger partial charge in [-0.3, -0.25) is 10.1 Å². The molecule has 2 aromatic heterocycles. The highest BCUT2D eigenvalue weighted by Crippen LogP contribution is 2.19. The summed E-state index contributed by atoms with van der Waals surface area (Å²) in [6.07, 6.45) is 1.26. The lowest BCUT2D eigenvalue weighted by Crippen LogP contribution is -2.20. The standard InChI is InChI=1S/C15H15N5O2/c1-18(14-8-7-11(9-16-14)20(21)22)10-15-17-12-5-3-4-6-13(12)19(15)2/h3-9H,10H2,1-2H3. The Morgan fingerprint density at radius 1 is 1.27 bits per heavy atom. The predicted molar refractivity (Wildman–Crippen MR) is 83.7 cm³/mol. The molecule has 0 unspecified atom stereocenters. The van der Waals surface area contributed by atoms with Crippen LogP contribution in [-0.2, 0) is 13.6 Å². The molecule has 0 N–H and O–H groups in total. The summed E-state index contributed by atoms with van der Waals surface area (Å²) in [4.78, 5) is 20.8. The number of imidazole rings is 1. The Morgan fingerprint density at radius 3 is 2.68 bits per heavy atom. The lowest BCUT2D eigenvalue weighted by Gasteiger charge is -2.17. The third kappa shape index (κ3) is 2.48. The normalized spacial score (nSPS) is 10.8. The van der Waals surface area contributed by atoms with Crippen molar-refractivity contribution in [3.05, 3.63) is 58.5 Å². The molecular weight excluding hydrogens is 282 g/mol. The third-order valence-corrected chi connectivity index (χ3v) is 3.59. The van der Waals surface area contributed by atoms with Crippen molar-refractivity contribution < 1.29 is 4.92 Å². The number of hydrogen-bond donors (Lipinski definition) is 0. The Hall–Kier alpha value is -2.96. The van der Waals surface area contributed by atoms with E-state index < -0.39 is 4.92 Å². The molecule has 22 heavy (non-hydrogen) atoms. The van der Waals surface area contributed by atoms with E-state index in [0.717, 1.165) is 16.9 Å². The fraction of sp³-hybridized carbons (Fsp3) is 0.200. The number of anilines is 1. The SMILES string of the molecule is CN(Cc1nc2ccccc2n1C)c1ccc([N+](=O)[O-])cn1. The molecule has 112 valence electrons. The van der Waals surface area contributed by atoms with Crippen molar-refractivity contribution in [3.8, 4) is 0 Å². The molecule has 0 saturated carbocycles. The zero-order valence-electron chi connectivity index (χ0n) is 12.3. The van der Waals surface area contributed by atoms with Crippen molar-refractivity contribution in [2.75, 3.05) is 11.9 Å². The molecule has 2 heterocycles. The van der Waals surface area contributed by atoms with Gasteiger partial charge in [-0.15, -0.1) is 0 Å². The molecule has 0 amide bonds. The summed E-state index contributed by atoms with van der Waals surface area (Å²) in [6, 6.07) is 11.0. The second kappa shape index (κ2) is 5.44. The van der Waals surface area contributed by atoms with Crippen molar-refractivity contribution in [2.24, 2.45) is 7.05 Å². The number of pyridine rings is 1. The fourth-order valence-corrected chi connectivity index (χ4v) is 2.34. The van der Waals surface area contributed by atoms with Gasteiger partial charge >= 0.3 is 0 Å². The monoisotopic (exact) mass is 297 g/mol. The maximum absolute atomic E-state index is 10.7. The summed E-state index contributed by atoms with van der Waals surface area (Å²) in [7, 11) is 3.86. The molecule has 0 fully saturated rings. The quantitative estimate of drug-likeness (QED) is 0.546. The highest BCUT2D eigenvalue weighted by atomic mass is 16.6. The van der Waals surface area contributed by atoms with E-state index in [4.69, 9.17) is 0 Å². The highest BCUT2D eigenvalue weighted by Gasteiger charge is 2.12. The summed E-state index contributed by atoms with van der Waals surface area (Å²) in [6.45, 7) is 0.565. The van der Waals surface area contributed by atoms with E-state index >= 15 is 0 Å². The lowest BCUT2D eigenvalue weighted by atomic mass is 10.3. The summed E-state index contributed by atoms with van der Waals surface area (Å²) in [5.41, 5.74) is 2.01. The summed E-state index contributed by atoms with van der Waals surface area (Å²) in [5.74, 6) is 1.57. The average Bonchev–Trinajstić information content (AvgIpc) is 2.84. The second-order valence-electron chi connectivity index (χ2n) is 5.06. The van der Waals surface area contributed by atoms with E-state index in [9.17, 15) is 10.1 Å². The third-order valence-electron chi connectivity index (χ3n) is 3.59. The van der Waals surface area contributed by atoms with Crippen LogP contribution in [0.4, 0.5) is 11.5 Å². The number of para-hydroxylation sites is 2. The first kappa shape index (κ1) is 14.0. The maximum Gasteiger partial charge on any atom is 0.287 e. The molecule has 3 aromatic rings. The van der Waals surface area contributed by atoms with Gasteiger partial charge in [-0.05, 0) is 18.2 Å². The molecule has 0 aliphatic carbocycles. The second-order valence-corrected chi connectivity index (χ2v) is 5.06. The maximum atomic E-state index is 10.7. The molecule has 0 bridgehead atoms. The van der Waals surface area contributed by atoms with Crippen LogP contribution in [0.25, 0.3) is 11.0 Å². The van der Waals surface area contributed by atoms with E-state index in [-0.39, 0.29) is 5.69 Å². The first-order valence-corrected chi connectivity index (χ1v) is 6.78. The Morgan fingerprint density at radius 2 is 2.05 bits per heavy atom. The molecule has 0 atom stereocenters.